The van der Waals surface area contributed by atoms with Crippen molar-refractivity contribution in [2.24, 2.45) is 0 Å². The lowest BCUT2D eigenvalue weighted by molar-refractivity contribution is -0.118. The van der Waals surface area contributed by atoms with Gasteiger partial charge >= 0.3 is 0 Å². The Balaban J connectivity index is 2.07. The van der Waals surface area contributed by atoms with Gasteiger partial charge in [0.2, 0.25) is 11.8 Å². The first-order chi connectivity index (χ1) is 11.9. The number of carbonyl (C=O) groups excluding carboxylic acids is 2. The average Bonchev–Trinajstić information content (AvgIpc) is 2.58. The standard InChI is InChI=1S/C15H14BrClN4O3S/c1-18-13(23)8-25-11-6-19-21(15(24)14(11)17)7-12(22)20-10-4-2-3-9(16)5-10/h2-6H,7-8H2,1H3,(H,18,23)(H,20,22). The lowest BCUT2D eigenvalue weighted by Crippen LogP contribution is -2.30. The van der Waals surface area contributed by atoms with Crippen LogP contribution >= 0.6 is 39.3 Å². The summed E-state index contributed by atoms with van der Waals surface area (Å²) in [6, 6.07) is 7.07. The summed E-state index contributed by atoms with van der Waals surface area (Å²) in [6.45, 7) is -0.272. The molecule has 0 aliphatic carbocycles. The number of thioether (sulfide) groups is 1. The maximum Gasteiger partial charge on any atom is 0.287 e. The second-order valence-electron chi connectivity index (χ2n) is 4.81. The molecular weight excluding hydrogens is 432 g/mol. The van der Waals surface area contributed by atoms with Crippen LogP contribution in [0.1, 0.15) is 0 Å². The summed E-state index contributed by atoms with van der Waals surface area (Å²) in [6.07, 6.45) is 1.36. The first-order valence-corrected chi connectivity index (χ1v) is 9.20. The van der Waals surface area contributed by atoms with Gasteiger partial charge < -0.3 is 10.6 Å². The van der Waals surface area contributed by atoms with Crippen molar-refractivity contribution in [3.63, 3.8) is 0 Å². The van der Waals surface area contributed by atoms with E-state index in [0.29, 0.717) is 10.6 Å². The van der Waals surface area contributed by atoms with Crippen LogP contribution in [-0.4, -0.2) is 34.4 Å². The molecule has 2 aromatic rings. The molecule has 0 saturated heterocycles. The molecule has 7 nitrogen and oxygen atoms in total. The first kappa shape index (κ1) is 19.5. The molecule has 2 rings (SSSR count). The normalized spacial score (nSPS) is 10.4. The molecule has 0 saturated carbocycles. The molecule has 2 N–H and O–H groups in total. The van der Waals surface area contributed by atoms with Crippen molar-refractivity contribution in [3.05, 3.63) is 50.3 Å². The van der Waals surface area contributed by atoms with Gasteiger partial charge in [-0.25, -0.2) is 4.68 Å². The van der Waals surface area contributed by atoms with Crippen molar-refractivity contribution in [1.29, 1.82) is 0 Å². The van der Waals surface area contributed by atoms with Crippen molar-refractivity contribution < 1.29 is 9.59 Å². The number of nitrogens with one attached hydrogen (secondary N) is 2. The van der Waals surface area contributed by atoms with Crippen molar-refractivity contribution in [3.8, 4) is 0 Å². The van der Waals surface area contributed by atoms with Gasteiger partial charge in [0.25, 0.3) is 5.56 Å². The fourth-order valence-electron chi connectivity index (χ4n) is 1.78. The van der Waals surface area contributed by atoms with Crippen LogP contribution in [0.4, 0.5) is 5.69 Å². The van der Waals surface area contributed by atoms with E-state index in [4.69, 9.17) is 11.6 Å². The Labute approximate surface area is 161 Å². The fourth-order valence-corrected chi connectivity index (χ4v) is 3.26. The van der Waals surface area contributed by atoms with Gasteiger partial charge in [0.1, 0.15) is 11.6 Å². The molecule has 0 aliphatic rings. The van der Waals surface area contributed by atoms with Crippen LogP contribution in [0.3, 0.4) is 0 Å². The predicted molar refractivity (Wildman–Crippen MR) is 101 cm³/mol. The van der Waals surface area contributed by atoms with Crippen molar-refractivity contribution in [2.45, 2.75) is 11.4 Å². The van der Waals surface area contributed by atoms with Crippen LogP contribution in [0.15, 0.2) is 44.6 Å². The number of anilines is 1. The summed E-state index contributed by atoms with van der Waals surface area (Å²) in [5.74, 6) is -0.488. The molecule has 1 heterocycles. The lowest BCUT2D eigenvalue weighted by Gasteiger charge is -2.09. The van der Waals surface area contributed by atoms with E-state index < -0.39 is 11.5 Å². The zero-order chi connectivity index (χ0) is 18.4. The number of amides is 2. The van der Waals surface area contributed by atoms with Gasteiger partial charge in [0.05, 0.1) is 16.8 Å². The van der Waals surface area contributed by atoms with E-state index in [9.17, 15) is 14.4 Å². The Kier molecular flexibility index (Phi) is 7.03. The number of hydrogen-bond acceptors (Lipinski definition) is 5. The summed E-state index contributed by atoms with van der Waals surface area (Å²) in [5.41, 5.74) is 0.00393. The molecular formula is C15H14BrClN4O3S. The van der Waals surface area contributed by atoms with Crippen LogP contribution in [0.25, 0.3) is 0 Å². The maximum atomic E-state index is 12.2. The molecule has 132 valence electrons. The van der Waals surface area contributed by atoms with Crippen LogP contribution in [0, 0.1) is 0 Å². The Morgan fingerprint density at radius 2 is 2.12 bits per heavy atom. The van der Waals surface area contributed by atoms with E-state index in [1.165, 1.54) is 13.2 Å². The molecule has 10 heteroatoms. The largest absolute Gasteiger partial charge is 0.358 e. The predicted octanol–water partition coefficient (Wildman–Crippen LogP) is 2.14. The van der Waals surface area contributed by atoms with Crippen molar-refractivity contribution in [2.75, 3.05) is 18.1 Å². The maximum absolute atomic E-state index is 12.2. The number of rotatable bonds is 6. The highest BCUT2D eigenvalue weighted by molar-refractivity contribution is 9.10. The molecule has 0 unspecified atom stereocenters. The molecule has 0 aliphatic heterocycles. The minimum Gasteiger partial charge on any atom is -0.358 e. The molecule has 0 atom stereocenters. The Hall–Kier alpha value is -1.84. The van der Waals surface area contributed by atoms with Gasteiger partial charge in [-0.15, -0.1) is 11.8 Å². The topological polar surface area (TPSA) is 93.1 Å². The quantitative estimate of drug-likeness (QED) is 0.665. The van der Waals surface area contributed by atoms with E-state index in [1.54, 1.807) is 18.2 Å². The highest BCUT2D eigenvalue weighted by atomic mass is 79.9. The molecule has 0 fully saturated rings. The first-order valence-electron chi connectivity index (χ1n) is 7.05. The monoisotopic (exact) mass is 444 g/mol. The van der Waals surface area contributed by atoms with E-state index in [-0.39, 0.29) is 23.2 Å². The third-order valence-corrected chi connectivity index (χ3v) is 4.99. The minimum atomic E-state index is -0.590. The number of aromatic nitrogens is 2. The molecule has 0 bridgehead atoms. The van der Waals surface area contributed by atoms with Crippen molar-refractivity contribution in [1.82, 2.24) is 15.1 Å². The molecule has 1 aromatic heterocycles. The van der Waals surface area contributed by atoms with Gasteiger partial charge in [-0.2, -0.15) is 5.10 Å². The molecule has 1 aromatic carbocycles. The molecule has 0 radical (unpaired) electrons. The zero-order valence-electron chi connectivity index (χ0n) is 13.1. The molecule has 25 heavy (non-hydrogen) atoms. The third-order valence-electron chi connectivity index (χ3n) is 2.99. The van der Waals surface area contributed by atoms with E-state index in [1.807, 2.05) is 6.07 Å². The molecule has 0 spiro atoms. The highest BCUT2D eigenvalue weighted by Gasteiger charge is 2.13. The number of nitrogens with zero attached hydrogens (tertiary/aromatic N) is 2. The zero-order valence-corrected chi connectivity index (χ0v) is 16.2. The van der Waals surface area contributed by atoms with Gasteiger partial charge in [-0.3, -0.25) is 14.4 Å². The Bertz CT molecular complexity index is 859. The second-order valence-corrected chi connectivity index (χ2v) is 7.12. The summed E-state index contributed by atoms with van der Waals surface area (Å²) in [7, 11) is 1.52. The van der Waals surface area contributed by atoms with Gasteiger partial charge in [-0.1, -0.05) is 33.6 Å². The SMILES string of the molecule is CNC(=O)CSc1cnn(CC(=O)Nc2cccc(Br)c2)c(=O)c1Cl. The van der Waals surface area contributed by atoms with Crippen LogP contribution in [0.5, 0.6) is 0 Å². The van der Waals surface area contributed by atoms with E-state index in [0.717, 1.165) is 20.9 Å². The number of carbonyl (C=O) groups is 2. The number of halogens is 2. The van der Waals surface area contributed by atoms with Crippen LogP contribution in [0.2, 0.25) is 5.02 Å². The highest BCUT2D eigenvalue weighted by Crippen LogP contribution is 2.22. The Morgan fingerprint density at radius 3 is 2.80 bits per heavy atom. The van der Waals surface area contributed by atoms with Gasteiger partial charge in [0.15, 0.2) is 0 Å². The minimum absolute atomic E-state index is 0.0702. The van der Waals surface area contributed by atoms with Gasteiger partial charge in [-0.05, 0) is 18.2 Å². The fraction of sp³-hybridized carbons (Fsp3) is 0.200. The summed E-state index contributed by atoms with van der Waals surface area (Å²) in [5, 5.41) is 9.01. The second kappa shape index (κ2) is 9.02. The summed E-state index contributed by atoms with van der Waals surface area (Å²) >= 11 is 10.4. The van der Waals surface area contributed by atoms with Gasteiger partial charge in [0, 0.05) is 17.2 Å². The van der Waals surface area contributed by atoms with Crippen molar-refractivity contribution >= 4 is 56.8 Å². The average molecular weight is 446 g/mol. The smallest absolute Gasteiger partial charge is 0.287 e. The summed E-state index contributed by atoms with van der Waals surface area (Å²) < 4.78 is 1.79. The van der Waals surface area contributed by atoms with Crippen LogP contribution in [-0.2, 0) is 16.1 Å². The van der Waals surface area contributed by atoms with E-state index in [2.05, 4.69) is 31.7 Å². The molecule has 2 amide bonds. The third kappa shape index (κ3) is 5.58. The summed E-state index contributed by atoms with van der Waals surface area (Å²) in [4.78, 5) is 35.9. The number of hydrogen-bond donors (Lipinski definition) is 2. The van der Waals surface area contributed by atoms with E-state index >= 15 is 0 Å². The van der Waals surface area contributed by atoms with Crippen LogP contribution < -0.4 is 16.2 Å². The number of benzene rings is 1. The lowest BCUT2D eigenvalue weighted by atomic mass is 10.3. The Morgan fingerprint density at radius 1 is 1.36 bits per heavy atom.